The first-order chi connectivity index (χ1) is 8.28. The van der Waals surface area contributed by atoms with Gasteiger partial charge in [0.25, 0.3) is 0 Å². The van der Waals surface area contributed by atoms with Gasteiger partial charge in [-0.05, 0) is 25.4 Å². The standard InChI is InChI=1S/C13H19NO3/c1-15-10-5-12(16-2)11(13(6-10)17-3)4-9-7-14-8-9/h5-6,9,14H,4,7-8H2,1-3H3. The Morgan fingerprint density at radius 2 is 1.65 bits per heavy atom. The van der Waals surface area contributed by atoms with Gasteiger partial charge in [-0.3, -0.25) is 0 Å². The van der Waals surface area contributed by atoms with Crippen molar-refractivity contribution in [1.29, 1.82) is 0 Å². The largest absolute Gasteiger partial charge is 0.496 e. The summed E-state index contributed by atoms with van der Waals surface area (Å²) in [5, 5.41) is 3.27. The van der Waals surface area contributed by atoms with E-state index in [1.807, 2.05) is 12.1 Å². The summed E-state index contributed by atoms with van der Waals surface area (Å²) < 4.78 is 16.1. The van der Waals surface area contributed by atoms with Crippen molar-refractivity contribution in [1.82, 2.24) is 5.32 Å². The smallest absolute Gasteiger partial charge is 0.129 e. The quantitative estimate of drug-likeness (QED) is 0.842. The Morgan fingerprint density at radius 3 is 2.00 bits per heavy atom. The number of rotatable bonds is 5. The van der Waals surface area contributed by atoms with E-state index in [1.165, 1.54) is 0 Å². The number of nitrogens with one attached hydrogen (secondary N) is 1. The highest BCUT2D eigenvalue weighted by Gasteiger charge is 2.22. The molecule has 1 N–H and O–H groups in total. The molecule has 1 fully saturated rings. The Kier molecular flexibility index (Phi) is 3.74. The molecule has 0 aliphatic carbocycles. The topological polar surface area (TPSA) is 39.7 Å². The summed E-state index contributed by atoms with van der Waals surface area (Å²) in [7, 11) is 5.00. The van der Waals surface area contributed by atoms with Crippen LogP contribution in [0.1, 0.15) is 5.56 Å². The minimum Gasteiger partial charge on any atom is -0.496 e. The van der Waals surface area contributed by atoms with E-state index in [0.29, 0.717) is 5.92 Å². The molecule has 1 heterocycles. The Balaban J connectivity index is 2.31. The summed E-state index contributed by atoms with van der Waals surface area (Å²) >= 11 is 0. The van der Waals surface area contributed by atoms with Crippen molar-refractivity contribution in [3.05, 3.63) is 17.7 Å². The molecule has 0 saturated carbocycles. The highest BCUT2D eigenvalue weighted by Crippen LogP contribution is 2.36. The summed E-state index contributed by atoms with van der Waals surface area (Å²) in [6, 6.07) is 3.81. The van der Waals surface area contributed by atoms with Crippen molar-refractivity contribution in [2.75, 3.05) is 34.4 Å². The van der Waals surface area contributed by atoms with Gasteiger partial charge in [0.05, 0.1) is 21.3 Å². The first kappa shape index (κ1) is 12.0. The number of methoxy groups -OCH3 is 3. The van der Waals surface area contributed by atoms with Gasteiger partial charge in [-0.25, -0.2) is 0 Å². The lowest BCUT2D eigenvalue weighted by molar-refractivity contribution is 0.325. The van der Waals surface area contributed by atoms with Crippen molar-refractivity contribution < 1.29 is 14.2 Å². The van der Waals surface area contributed by atoms with Crippen LogP contribution in [0.5, 0.6) is 17.2 Å². The number of hydrogen-bond donors (Lipinski definition) is 1. The zero-order chi connectivity index (χ0) is 12.3. The second-order valence-electron chi connectivity index (χ2n) is 4.24. The van der Waals surface area contributed by atoms with E-state index in [0.717, 1.165) is 42.3 Å². The molecule has 1 aliphatic heterocycles. The molecule has 4 nitrogen and oxygen atoms in total. The van der Waals surface area contributed by atoms with Gasteiger partial charge in [0.1, 0.15) is 17.2 Å². The third kappa shape index (κ3) is 2.47. The lowest BCUT2D eigenvalue weighted by atomic mass is 9.93. The molecule has 0 atom stereocenters. The molecule has 2 rings (SSSR count). The average molecular weight is 237 g/mol. The molecule has 0 amide bonds. The summed E-state index contributed by atoms with van der Waals surface area (Å²) in [5.74, 6) is 3.11. The van der Waals surface area contributed by atoms with E-state index < -0.39 is 0 Å². The molecule has 94 valence electrons. The van der Waals surface area contributed by atoms with Crippen LogP contribution in [-0.4, -0.2) is 34.4 Å². The maximum atomic E-state index is 5.42. The molecule has 17 heavy (non-hydrogen) atoms. The molecule has 0 bridgehead atoms. The van der Waals surface area contributed by atoms with Crippen LogP contribution in [0.15, 0.2) is 12.1 Å². The highest BCUT2D eigenvalue weighted by atomic mass is 16.5. The van der Waals surface area contributed by atoms with Crippen LogP contribution >= 0.6 is 0 Å². The number of benzene rings is 1. The zero-order valence-electron chi connectivity index (χ0n) is 10.6. The van der Waals surface area contributed by atoms with Gasteiger partial charge >= 0.3 is 0 Å². The average Bonchev–Trinajstić information content (AvgIpc) is 2.32. The van der Waals surface area contributed by atoms with E-state index in [2.05, 4.69) is 5.32 Å². The van der Waals surface area contributed by atoms with Crippen LogP contribution in [0.4, 0.5) is 0 Å². The van der Waals surface area contributed by atoms with Crippen LogP contribution in [0, 0.1) is 5.92 Å². The molecule has 1 aromatic carbocycles. The van der Waals surface area contributed by atoms with Gasteiger partial charge in [0.2, 0.25) is 0 Å². The van der Waals surface area contributed by atoms with E-state index in [1.54, 1.807) is 21.3 Å². The number of ether oxygens (including phenoxy) is 3. The second-order valence-corrected chi connectivity index (χ2v) is 4.24. The van der Waals surface area contributed by atoms with Gasteiger partial charge in [-0.2, -0.15) is 0 Å². The van der Waals surface area contributed by atoms with Gasteiger partial charge in [-0.1, -0.05) is 0 Å². The SMILES string of the molecule is COc1cc(OC)c(CC2CNC2)c(OC)c1. The molecule has 1 saturated heterocycles. The van der Waals surface area contributed by atoms with Crippen LogP contribution < -0.4 is 19.5 Å². The molecule has 0 aromatic heterocycles. The third-order valence-electron chi connectivity index (χ3n) is 3.18. The summed E-state index contributed by atoms with van der Waals surface area (Å²) in [4.78, 5) is 0. The van der Waals surface area contributed by atoms with E-state index in [4.69, 9.17) is 14.2 Å². The van der Waals surface area contributed by atoms with Crippen molar-refractivity contribution in [2.24, 2.45) is 5.92 Å². The molecular weight excluding hydrogens is 218 g/mol. The predicted octanol–water partition coefficient (Wildman–Crippen LogP) is 1.47. The maximum absolute atomic E-state index is 5.42. The second kappa shape index (κ2) is 5.27. The van der Waals surface area contributed by atoms with Crippen LogP contribution in [0.2, 0.25) is 0 Å². The molecule has 0 spiro atoms. The molecule has 1 aromatic rings. The van der Waals surface area contributed by atoms with Crippen LogP contribution in [0.25, 0.3) is 0 Å². The van der Waals surface area contributed by atoms with Crippen LogP contribution in [0.3, 0.4) is 0 Å². The van der Waals surface area contributed by atoms with E-state index in [-0.39, 0.29) is 0 Å². The minimum atomic E-state index is 0.672. The zero-order valence-corrected chi connectivity index (χ0v) is 10.6. The molecule has 0 unspecified atom stereocenters. The Hall–Kier alpha value is -1.42. The molecular formula is C13H19NO3. The first-order valence-electron chi connectivity index (χ1n) is 5.78. The Bertz CT molecular complexity index is 363. The minimum absolute atomic E-state index is 0.672. The van der Waals surface area contributed by atoms with E-state index in [9.17, 15) is 0 Å². The number of hydrogen-bond acceptors (Lipinski definition) is 4. The lowest BCUT2D eigenvalue weighted by Crippen LogP contribution is -2.43. The van der Waals surface area contributed by atoms with Gasteiger partial charge < -0.3 is 19.5 Å². The van der Waals surface area contributed by atoms with Crippen molar-refractivity contribution in [3.63, 3.8) is 0 Å². The normalized spacial score (nSPS) is 15.2. The molecule has 0 radical (unpaired) electrons. The van der Waals surface area contributed by atoms with Crippen molar-refractivity contribution in [2.45, 2.75) is 6.42 Å². The Morgan fingerprint density at radius 1 is 1.06 bits per heavy atom. The van der Waals surface area contributed by atoms with Crippen molar-refractivity contribution >= 4 is 0 Å². The fraction of sp³-hybridized carbons (Fsp3) is 0.538. The third-order valence-corrected chi connectivity index (χ3v) is 3.18. The van der Waals surface area contributed by atoms with E-state index >= 15 is 0 Å². The Labute approximate surface area is 102 Å². The lowest BCUT2D eigenvalue weighted by Gasteiger charge is -2.28. The maximum Gasteiger partial charge on any atom is 0.129 e. The van der Waals surface area contributed by atoms with Crippen molar-refractivity contribution in [3.8, 4) is 17.2 Å². The first-order valence-corrected chi connectivity index (χ1v) is 5.78. The summed E-state index contributed by atoms with van der Waals surface area (Å²) in [6.45, 7) is 2.14. The summed E-state index contributed by atoms with van der Waals surface area (Å²) in [5.41, 5.74) is 1.13. The van der Waals surface area contributed by atoms with Gasteiger partial charge in [0.15, 0.2) is 0 Å². The van der Waals surface area contributed by atoms with Gasteiger partial charge in [0, 0.05) is 17.7 Å². The fourth-order valence-corrected chi connectivity index (χ4v) is 2.06. The van der Waals surface area contributed by atoms with Crippen LogP contribution in [-0.2, 0) is 6.42 Å². The monoisotopic (exact) mass is 237 g/mol. The predicted molar refractivity (Wildman–Crippen MR) is 66.2 cm³/mol. The fourth-order valence-electron chi connectivity index (χ4n) is 2.06. The summed E-state index contributed by atoms with van der Waals surface area (Å²) in [6.07, 6.45) is 0.976. The molecule has 4 heteroatoms. The molecule has 1 aliphatic rings. The van der Waals surface area contributed by atoms with Gasteiger partial charge in [-0.15, -0.1) is 0 Å². The highest BCUT2D eigenvalue weighted by molar-refractivity contribution is 5.51.